The highest BCUT2D eigenvalue weighted by Gasteiger charge is 2.13. The molecule has 0 aliphatic carbocycles. The van der Waals surface area contributed by atoms with E-state index in [1.54, 1.807) is 6.33 Å². The first-order chi connectivity index (χ1) is 5.61. The average Bonchev–Trinajstić information content (AvgIpc) is 2.33. The number of nitrogens with zero attached hydrogens (tertiary/aromatic N) is 1. The Bertz CT molecular complexity index is 281. The Hall–Kier alpha value is -1.36. The molecule has 0 saturated carbocycles. The van der Waals surface area contributed by atoms with Crippen molar-refractivity contribution < 1.29 is 4.79 Å². The van der Waals surface area contributed by atoms with Gasteiger partial charge < -0.3 is 16.5 Å². The summed E-state index contributed by atoms with van der Waals surface area (Å²) in [5.74, 6) is -0.412. The number of rotatable bonds is 3. The fourth-order valence-electron chi connectivity index (χ4n) is 1.06. The molecule has 1 aromatic heterocycles. The second-order valence-electron chi connectivity index (χ2n) is 2.69. The van der Waals surface area contributed by atoms with Crippen LogP contribution in [-0.2, 0) is 4.79 Å². The average molecular weight is 168 g/mol. The molecule has 5 nitrogen and oxygen atoms in total. The molecule has 5 heteroatoms. The Kier molecular flexibility index (Phi) is 2.44. The standard InChI is InChI=1S/C7H12N4O/c1-4-7(11-3-10-4)5(8)2-6(9)12/h3,5H,2,8H2,1H3,(H2,9,12)(H,10,11). The number of aromatic nitrogens is 2. The number of aryl methyl sites for hydroxylation is 1. The lowest BCUT2D eigenvalue weighted by Gasteiger charge is -2.06. The van der Waals surface area contributed by atoms with E-state index < -0.39 is 11.9 Å². The molecule has 1 amide bonds. The van der Waals surface area contributed by atoms with Gasteiger partial charge in [-0.15, -0.1) is 0 Å². The van der Waals surface area contributed by atoms with Crippen LogP contribution in [0.4, 0.5) is 0 Å². The number of H-pyrrole nitrogens is 1. The molecular weight excluding hydrogens is 156 g/mol. The quantitative estimate of drug-likeness (QED) is 0.572. The number of hydrogen-bond acceptors (Lipinski definition) is 3. The van der Waals surface area contributed by atoms with Crippen LogP contribution in [0.1, 0.15) is 23.9 Å². The van der Waals surface area contributed by atoms with Gasteiger partial charge in [-0.3, -0.25) is 4.79 Å². The van der Waals surface area contributed by atoms with Crippen molar-refractivity contribution in [1.29, 1.82) is 0 Å². The highest BCUT2D eigenvalue weighted by molar-refractivity contribution is 5.74. The lowest BCUT2D eigenvalue weighted by atomic mass is 10.1. The van der Waals surface area contributed by atoms with Gasteiger partial charge in [0.15, 0.2) is 0 Å². The van der Waals surface area contributed by atoms with Crippen molar-refractivity contribution in [2.45, 2.75) is 19.4 Å². The zero-order valence-electron chi connectivity index (χ0n) is 6.87. The molecular formula is C7H12N4O. The minimum atomic E-state index is -0.412. The topological polar surface area (TPSA) is 97.8 Å². The molecule has 5 N–H and O–H groups in total. The second kappa shape index (κ2) is 3.36. The Morgan fingerprint density at radius 3 is 2.92 bits per heavy atom. The van der Waals surface area contributed by atoms with E-state index in [-0.39, 0.29) is 6.42 Å². The molecule has 0 spiro atoms. The van der Waals surface area contributed by atoms with Gasteiger partial charge in [0.25, 0.3) is 0 Å². The maximum Gasteiger partial charge on any atom is 0.219 e. The molecule has 0 bridgehead atoms. The highest BCUT2D eigenvalue weighted by Crippen LogP contribution is 2.13. The lowest BCUT2D eigenvalue weighted by molar-refractivity contribution is -0.118. The van der Waals surface area contributed by atoms with E-state index in [9.17, 15) is 4.79 Å². The summed E-state index contributed by atoms with van der Waals surface area (Å²) >= 11 is 0. The number of hydrogen-bond donors (Lipinski definition) is 3. The molecule has 0 aliphatic heterocycles. The van der Waals surface area contributed by atoms with Crippen molar-refractivity contribution in [3.05, 3.63) is 17.7 Å². The Morgan fingerprint density at radius 1 is 1.83 bits per heavy atom. The maximum absolute atomic E-state index is 10.5. The van der Waals surface area contributed by atoms with Gasteiger partial charge in [0, 0.05) is 12.1 Å². The molecule has 12 heavy (non-hydrogen) atoms. The Balaban J connectivity index is 2.71. The summed E-state index contributed by atoms with van der Waals surface area (Å²) in [5.41, 5.74) is 12.2. The number of nitrogens with two attached hydrogens (primary N) is 2. The zero-order chi connectivity index (χ0) is 9.14. The second-order valence-corrected chi connectivity index (χ2v) is 2.69. The van der Waals surface area contributed by atoms with E-state index in [0.717, 1.165) is 5.69 Å². The Labute approximate surface area is 70.2 Å². The summed E-state index contributed by atoms with van der Waals surface area (Å²) in [6.07, 6.45) is 1.68. The van der Waals surface area contributed by atoms with Crippen LogP contribution < -0.4 is 11.5 Å². The summed E-state index contributed by atoms with van der Waals surface area (Å²) in [6, 6.07) is -0.395. The van der Waals surface area contributed by atoms with E-state index in [1.807, 2.05) is 6.92 Å². The van der Waals surface area contributed by atoms with Gasteiger partial charge in [0.05, 0.1) is 18.1 Å². The molecule has 0 radical (unpaired) electrons. The van der Waals surface area contributed by atoms with Gasteiger partial charge >= 0.3 is 0 Å². The van der Waals surface area contributed by atoms with E-state index in [2.05, 4.69) is 9.97 Å². The van der Waals surface area contributed by atoms with E-state index in [0.29, 0.717) is 5.69 Å². The highest BCUT2D eigenvalue weighted by atomic mass is 16.1. The van der Waals surface area contributed by atoms with Crippen LogP contribution in [0.15, 0.2) is 6.33 Å². The molecule has 1 rings (SSSR count). The predicted octanol–water partition coefficient (Wildman–Crippen LogP) is -0.407. The third-order valence-corrected chi connectivity index (χ3v) is 1.64. The van der Waals surface area contributed by atoms with Gasteiger partial charge in [-0.25, -0.2) is 4.98 Å². The molecule has 1 heterocycles. The number of nitrogens with one attached hydrogen (secondary N) is 1. The molecule has 1 aromatic rings. The van der Waals surface area contributed by atoms with Crippen molar-refractivity contribution in [2.75, 3.05) is 0 Å². The van der Waals surface area contributed by atoms with Gasteiger partial charge in [-0.2, -0.15) is 0 Å². The van der Waals surface area contributed by atoms with Gasteiger partial charge in [0.2, 0.25) is 5.91 Å². The van der Waals surface area contributed by atoms with Crippen LogP contribution in [0, 0.1) is 6.92 Å². The molecule has 0 fully saturated rings. The number of imidazole rings is 1. The number of amides is 1. The summed E-state index contributed by atoms with van der Waals surface area (Å²) in [6.45, 7) is 1.85. The first-order valence-corrected chi connectivity index (χ1v) is 3.65. The van der Waals surface area contributed by atoms with E-state index in [4.69, 9.17) is 11.5 Å². The fourth-order valence-corrected chi connectivity index (χ4v) is 1.06. The molecule has 0 aliphatic rings. The van der Waals surface area contributed by atoms with Crippen LogP contribution in [0.3, 0.4) is 0 Å². The largest absolute Gasteiger partial charge is 0.370 e. The fraction of sp³-hybridized carbons (Fsp3) is 0.429. The first kappa shape index (κ1) is 8.73. The van der Waals surface area contributed by atoms with Crippen molar-refractivity contribution in [3.8, 4) is 0 Å². The molecule has 0 aromatic carbocycles. The predicted molar refractivity (Wildman–Crippen MR) is 44.1 cm³/mol. The maximum atomic E-state index is 10.5. The normalized spacial score (nSPS) is 12.8. The summed E-state index contributed by atoms with van der Waals surface area (Å²) in [4.78, 5) is 17.4. The van der Waals surface area contributed by atoms with Gasteiger partial charge in [0.1, 0.15) is 0 Å². The first-order valence-electron chi connectivity index (χ1n) is 3.65. The summed E-state index contributed by atoms with van der Waals surface area (Å²) in [7, 11) is 0. The van der Waals surface area contributed by atoms with Crippen LogP contribution in [0.2, 0.25) is 0 Å². The molecule has 0 saturated heterocycles. The van der Waals surface area contributed by atoms with Crippen LogP contribution in [-0.4, -0.2) is 15.9 Å². The molecule has 1 atom stereocenters. The SMILES string of the molecule is Cc1[nH]cnc1C(N)CC(N)=O. The number of carbonyl (C=O) groups is 1. The van der Waals surface area contributed by atoms with Crippen LogP contribution >= 0.6 is 0 Å². The third kappa shape index (κ3) is 1.82. The molecule has 1 unspecified atom stereocenters. The minimum Gasteiger partial charge on any atom is -0.370 e. The van der Waals surface area contributed by atoms with Gasteiger partial charge in [-0.1, -0.05) is 0 Å². The summed E-state index contributed by atoms with van der Waals surface area (Å²) in [5, 5.41) is 0. The van der Waals surface area contributed by atoms with Crippen molar-refractivity contribution in [3.63, 3.8) is 0 Å². The number of primary amides is 1. The zero-order valence-corrected chi connectivity index (χ0v) is 6.87. The third-order valence-electron chi connectivity index (χ3n) is 1.64. The van der Waals surface area contributed by atoms with E-state index in [1.165, 1.54) is 0 Å². The smallest absolute Gasteiger partial charge is 0.219 e. The van der Waals surface area contributed by atoms with Crippen LogP contribution in [0.25, 0.3) is 0 Å². The van der Waals surface area contributed by atoms with E-state index >= 15 is 0 Å². The van der Waals surface area contributed by atoms with Crippen molar-refractivity contribution >= 4 is 5.91 Å². The van der Waals surface area contributed by atoms with Gasteiger partial charge in [-0.05, 0) is 6.92 Å². The van der Waals surface area contributed by atoms with Crippen molar-refractivity contribution in [2.24, 2.45) is 11.5 Å². The lowest BCUT2D eigenvalue weighted by Crippen LogP contribution is -2.21. The van der Waals surface area contributed by atoms with Crippen LogP contribution in [0.5, 0.6) is 0 Å². The number of aromatic amines is 1. The monoisotopic (exact) mass is 168 g/mol. The molecule has 66 valence electrons. The number of carbonyl (C=O) groups excluding carboxylic acids is 1. The Morgan fingerprint density at radius 2 is 2.50 bits per heavy atom. The minimum absolute atomic E-state index is 0.131. The summed E-state index contributed by atoms with van der Waals surface area (Å²) < 4.78 is 0. The van der Waals surface area contributed by atoms with Crippen molar-refractivity contribution in [1.82, 2.24) is 9.97 Å².